The Morgan fingerprint density at radius 2 is 1.69 bits per heavy atom. The lowest BCUT2D eigenvalue weighted by atomic mass is 10.5. The zero-order valence-electron chi connectivity index (χ0n) is 8.86. The SMILES string of the molecule is CC(C)P(c1ccccn1)C(C)C. The van der Waals surface area contributed by atoms with Crippen LogP contribution in [0.3, 0.4) is 0 Å². The summed E-state index contributed by atoms with van der Waals surface area (Å²) in [5.41, 5.74) is 2.75. The van der Waals surface area contributed by atoms with Crippen molar-refractivity contribution in [1.82, 2.24) is 4.98 Å². The second kappa shape index (κ2) is 4.72. The highest BCUT2D eigenvalue weighted by atomic mass is 31.1. The molecule has 0 spiro atoms. The average molecular weight is 195 g/mol. The van der Waals surface area contributed by atoms with E-state index in [4.69, 9.17) is 0 Å². The smallest absolute Gasteiger partial charge is 0.0635 e. The number of pyridine rings is 1. The summed E-state index contributed by atoms with van der Waals surface area (Å²) in [6.07, 6.45) is 1.90. The summed E-state index contributed by atoms with van der Waals surface area (Å²) >= 11 is 0. The predicted octanol–water partition coefficient (Wildman–Crippen LogP) is 3.01. The van der Waals surface area contributed by atoms with Crippen LogP contribution in [0, 0.1) is 0 Å². The Balaban J connectivity index is 2.89. The molecule has 0 amide bonds. The van der Waals surface area contributed by atoms with Crippen molar-refractivity contribution in [3.63, 3.8) is 0 Å². The summed E-state index contributed by atoms with van der Waals surface area (Å²) in [4.78, 5) is 4.45. The molecule has 0 radical (unpaired) electrons. The quantitative estimate of drug-likeness (QED) is 0.675. The maximum Gasteiger partial charge on any atom is 0.0635 e. The van der Waals surface area contributed by atoms with Gasteiger partial charge in [-0.25, -0.2) is 0 Å². The molecule has 0 saturated carbocycles. The lowest BCUT2D eigenvalue weighted by molar-refractivity contribution is 1.02. The highest BCUT2D eigenvalue weighted by molar-refractivity contribution is 7.66. The van der Waals surface area contributed by atoms with Gasteiger partial charge in [0.15, 0.2) is 0 Å². The number of aromatic nitrogens is 1. The number of hydrogen-bond acceptors (Lipinski definition) is 1. The first kappa shape index (κ1) is 10.7. The van der Waals surface area contributed by atoms with E-state index in [1.54, 1.807) is 0 Å². The Bertz CT molecular complexity index is 236. The Hall–Kier alpha value is -0.420. The number of nitrogens with zero attached hydrogens (tertiary/aromatic N) is 1. The summed E-state index contributed by atoms with van der Waals surface area (Å²) in [5.74, 6) is 0. The van der Waals surface area contributed by atoms with Gasteiger partial charge in [-0.2, -0.15) is 0 Å². The molecule has 0 bridgehead atoms. The van der Waals surface area contributed by atoms with Gasteiger partial charge >= 0.3 is 0 Å². The van der Waals surface area contributed by atoms with Crippen molar-refractivity contribution in [3.8, 4) is 0 Å². The zero-order valence-corrected chi connectivity index (χ0v) is 9.75. The topological polar surface area (TPSA) is 12.9 Å². The Morgan fingerprint density at radius 1 is 1.08 bits per heavy atom. The Kier molecular flexibility index (Phi) is 3.87. The minimum atomic E-state index is -0.0849. The van der Waals surface area contributed by atoms with Crippen LogP contribution in [0.4, 0.5) is 0 Å². The first-order valence-electron chi connectivity index (χ1n) is 4.82. The van der Waals surface area contributed by atoms with Crippen molar-refractivity contribution in [2.24, 2.45) is 0 Å². The summed E-state index contributed by atoms with van der Waals surface area (Å²) in [7, 11) is -0.0849. The van der Waals surface area contributed by atoms with E-state index < -0.39 is 0 Å². The Morgan fingerprint density at radius 3 is 2.08 bits per heavy atom. The highest BCUT2D eigenvalue weighted by Crippen LogP contribution is 2.43. The van der Waals surface area contributed by atoms with E-state index in [-0.39, 0.29) is 7.92 Å². The molecular weight excluding hydrogens is 177 g/mol. The minimum absolute atomic E-state index is 0.0849. The standard InChI is InChI=1S/C11H18NP/c1-9(2)13(10(3)4)11-7-5-6-8-12-11/h5-10H,1-4H3. The van der Waals surface area contributed by atoms with Crippen LogP contribution in [0.25, 0.3) is 0 Å². The third kappa shape index (κ3) is 2.77. The molecule has 0 saturated heterocycles. The number of rotatable bonds is 3. The summed E-state index contributed by atoms with van der Waals surface area (Å²) < 4.78 is 0. The van der Waals surface area contributed by atoms with Gasteiger partial charge in [-0.05, 0) is 31.4 Å². The van der Waals surface area contributed by atoms with Gasteiger partial charge in [-0.3, -0.25) is 4.98 Å². The van der Waals surface area contributed by atoms with Crippen LogP contribution in [0.1, 0.15) is 27.7 Å². The van der Waals surface area contributed by atoms with Crippen molar-refractivity contribution in [3.05, 3.63) is 24.4 Å². The van der Waals surface area contributed by atoms with Gasteiger partial charge in [0.25, 0.3) is 0 Å². The van der Waals surface area contributed by atoms with E-state index in [1.165, 1.54) is 5.44 Å². The molecule has 2 heteroatoms. The summed E-state index contributed by atoms with van der Waals surface area (Å²) in [6, 6.07) is 6.23. The highest BCUT2D eigenvalue weighted by Gasteiger charge is 2.19. The number of hydrogen-bond donors (Lipinski definition) is 0. The van der Waals surface area contributed by atoms with Crippen LogP contribution in [0.15, 0.2) is 24.4 Å². The van der Waals surface area contributed by atoms with Crippen molar-refractivity contribution in [1.29, 1.82) is 0 Å². The van der Waals surface area contributed by atoms with E-state index in [1.807, 2.05) is 12.3 Å². The van der Waals surface area contributed by atoms with Gasteiger partial charge in [0, 0.05) is 6.20 Å². The molecule has 0 N–H and O–H groups in total. The lowest BCUT2D eigenvalue weighted by Gasteiger charge is -2.24. The molecule has 1 aromatic heterocycles. The monoisotopic (exact) mass is 195 g/mol. The van der Waals surface area contributed by atoms with E-state index in [0.717, 1.165) is 11.3 Å². The molecule has 1 nitrogen and oxygen atoms in total. The largest absolute Gasteiger partial charge is 0.257 e. The molecule has 0 unspecified atom stereocenters. The fraction of sp³-hybridized carbons (Fsp3) is 0.545. The van der Waals surface area contributed by atoms with Crippen LogP contribution in [0.5, 0.6) is 0 Å². The van der Waals surface area contributed by atoms with Gasteiger partial charge in [0.2, 0.25) is 0 Å². The first-order valence-corrected chi connectivity index (χ1v) is 6.30. The summed E-state index contributed by atoms with van der Waals surface area (Å²) in [5, 5.41) is 0. The van der Waals surface area contributed by atoms with Crippen LogP contribution in [0.2, 0.25) is 0 Å². The van der Waals surface area contributed by atoms with Gasteiger partial charge in [-0.15, -0.1) is 0 Å². The van der Waals surface area contributed by atoms with Gasteiger partial charge in [0.1, 0.15) is 0 Å². The first-order chi connectivity index (χ1) is 6.13. The van der Waals surface area contributed by atoms with Crippen molar-refractivity contribution >= 4 is 13.4 Å². The van der Waals surface area contributed by atoms with Gasteiger partial charge in [-0.1, -0.05) is 33.8 Å². The van der Waals surface area contributed by atoms with Crippen LogP contribution in [-0.4, -0.2) is 16.3 Å². The van der Waals surface area contributed by atoms with E-state index in [0.29, 0.717) is 0 Å². The fourth-order valence-corrected chi connectivity index (χ4v) is 4.34. The molecule has 1 aromatic rings. The summed E-state index contributed by atoms with van der Waals surface area (Å²) in [6.45, 7) is 9.17. The molecule has 0 aromatic carbocycles. The molecule has 0 aliphatic carbocycles. The minimum Gasteiger partial charge on any atom is -0.257 e. The van der Waals surface area contributed by atoms with Crippen molar-refractivity contribution in [2.45, 2.75) is 39.0 Å². The molecular formula is C11H18NP. The average Bonchev–Trinajstić information content (AvgIpc) is 2.04. The molecule has 0 aliphatic rings. The van der Waals surface area contributed by atoms with Gasteiger partial charge in [0.05, 0.1) is 5.44 Å². The molecule has 72 valence electrons. The van der Waals surface area contributed by atoms with E-state index >= 15 is 0 Å². The maximum absolute atomic E-state index is 4.45. The Labute approximate surface area is 82.3 Å². The van der Waals surface area contributed by atoms with Gasteiger partial charge < -0.3 is 0 Å². The molecule has 1 heterocycles. The van der Waals surface area contributed by atoms with Crippen LogP contribution < -0.4 is 5.44 Å². The second-order valence-electron chi connectivity index (χ2n) is 3.78. The molecule has 1 rings (SSSR count). The zero-order chi connectivity index (χ0) is 9.84. The van der Waals surface area contributed by atoms with Crippen molar-refractivity contribution < 1.29 is 0 Å². The second-order valence-corrected chi connectivity index (χ2v) is 7.12. The normalized spacial score (nSPS) is 11.6. The third-order valence-corrected chi connectivity index (χ3v) is 5.05. The molecule has 0 atom stereocenters. The fourth-order valence-electron chi connectivity index (χ4n) is 1.63. The lowest BCUT2D eigenvalue weighted by Crippen LogP contribution is -2.17. The third-order valence-electron chi connectivity index (χ3n) is 2.03. The van der Waals surface area contributed by atoms with Crippen LogP contribution >= 0.6 is 7.92 Å². The van der Waals surface area contributed by atoms with E-state index in [9.17, 15) is 0 Å². The van der Waals surface area contributed by atoms with Crippen LogP contribution in [-0.2, 0) is 0 Å². The van der Waals surface area contributed by atoms with E-state index in [2.05, 4.69) is 44.8 Å². The molecule has 13 heavy (non-hydrogen) atoms. The maximum atomic E-state index is 4.45. The van der Waals surface area contributed by atoms with Crippen molar-refractivity contribution in [2.75, 3.05) is 0 Å². The molecule has 0 fully saturated rings. The molecule has 0 aliphatic heterocycles. The predicted molar refractivity (Wildman–Crippen MR) is 61.1 cm³/mol.